The minimum Gasteiger partial charge on any atom is -0.454 e. The summed E-state index contributed by atoms with van der Waals surface area (Å²) in [5, 5.41) is 6.48. The largest absolute Gasteiger partial charge is 0.454 e. The Labute approximate surface area is 185 Å². The summed E-state index contributed by atoms with van der Waals surface area (Å²) in [7, 11) is 0. The second kappa shape index (κ2) is 7.69. The number of benzene rings is 2. The van der Waals surface area contributed by atoms with E-state index in [0.717, 1.165) is 71.5 Å². The van der Waals surface area contributed by atoms with Gasteiger partial charge in [-0.25, -0.2) is 4.99 Å². The molecule has 0 fully saturated rings. The third-order valence-electron chi connectivity index (χ3n) is 5.99. The number of fused-ring (bicyclic) bond motifs is 1. The molecule has 4 aliphatic heterocycles. The van der Waals surface area contributed by atoms with Crippen molar-refractivity contribution in [3.8, 4) is 11.5 Å². The van der Waals surface area contributed by atoms with Crippen molar-refractivity contribution in [1.82, 2.24) is 15.5 Å². The van der Waals surface area contributed by atoms with E-state index in [9.17, 15) is 4.79 Å². The SMILES string of the molecule is O=C1C=CC2=CN=C(c3ccc(CNCc4ccc5c(c4)OCO5)cc3)N3CCC(=C23)N1. The van der Waals surface area contributed by atoms with Gasteiger partial charge in [0, 0.05) is 55.2 Å². The van der Waals surface area contributed by atoms with Crippen LogP contribution >= 0.6 is 0 Å². The molecule has 0 bridgehead atoms. The Morgan fingerprint density at radius 3 is 2.72 bits per heavy atom. The Kier molecular flexibility index (Phi) is 4.54. The minimum absolute atomic E-state index is 0.0798. The number of carbonyl (C=O) groups is 1. The van der Waals surface area contributed by atoms with Crippen molar-refractivity contribution >= 4 is 11.7 Å². The Balaban J connectivity index is 1.14. The molecular formula is C25H22N4O3. The fraction of sp³-hybridized carbons (Fsp3) is 0.200. The number of nitrogens with zero attached hydrogens (tertiary/aromatic N) is 2. The molecule has 0 radical (unpaired) electrons. The fourth-order valence-electron chi connectivity index (χ4n) is 4.42. The summed E-state index contributed by atoms with van der Waals surface area (Å²) in [4.78, 5) is 18.8. The van der Waals surface area contributed by atoms with Crippen LogP contribution in [0.3, 0.4) is 0 Å². The van der Waals surface area contributed by atoms with E-state index in [2.05, 4.69) is 45.9 Å². The van der Waals surface area contributed by atoms with Crippen LogP contribution in [-0.4, -0.2) is 30.0 Å². The van der Waals surface area contributed by atoms with Crippen LogP contribution in [0.25, 0.3) is 0 Å². The molecule has 7 nitrogen and oxygen atoms in total. The Hall–Kier alpha value is -3.84. The average Bonchev–Trinajstić information content (AvgIpc) is 3.41. The van der Waals surface area contributed by atoms with E-state index in [-0.39, 0.29) is 5.91 Å². The van der Waals surface area contributed by atoms with Crippen LogP contribution in [0.5, 0.6) is 11.5 Å². The van der Waals surface area contributed by atoms with Gasteiger partial charge >= 0.3 is 0 Å². The van der Waals surface area contributed by atoms with Gasteiger partial charge in [0.25, 0.3) is 0 Å². The molecule has 0 saturated heterocycles. The molecular weight excluding hydrogens is 404 g/mol. The highest BCUT2D eigenvalue weighted by Gasteiger charge is 2.32. The third kappa shape index (κ3) is 3.36. The highest BCUT2D eigenvalue weighted by atomic mass is 16.7. The van der Waals surface area contributed by atoms with E-state index in [4.69, 9.17) is 14.5 Å². The van der Waals surface area contributed by atoms with Crippen molar-refractivity contribution in [3.05, 3.63) is 94.5 Å². The molecule has 32 heavy (non-hydrogen) atoms. The molecule has 0 atom stereocenters. The molecule has 2 aromatic rings. The van der Waals surface area contributed by atoms with Crippen LogP contribution in [0.4, 0.5) is 0 Å². The monoisotopic (exact) mass is 426 g/mol. The predicted molar refractivity (Wildman–Crippen MR) is 120 cm³/mol. The van der Waals surface area contributed by atoms with Crippen LogP contribution in [0.2, 0.25) is 0 Å². The van der Waals surface area contributed by atoms with Gasteiger partial charge in [-0.2, -0.15) is 0 Å². The van der Waals surface area contributed by atoms with Gasteiger partial charge in [-0.05, 0) is 29.3 Å². The molecule has 4 heterocycles. The molecule has 7 heteroatoms. The number of hydrogen-bond donors (Lipinski definition) is 2. The number of allylic oxidation sites excluding steroid dienone is 1. The van der Waals surface area contributed by atoms with E-state index >= 15 is 0 Å². The summed E-state index contributed by atoms with van der Waals surface area (Å²) >= 11 is 0. The normalized spacial score (nSPS) is 18.2. The number of nitrogens with one attached hydrogen (secondary N) is 2. The molecule has 1 amide bonds. The lowest BCUT2D eigenvalue weighted by atomic mass is 10.1. The molecule has 4 aliphatic rings. The Bertz CT molecular complexity index is 1220. The van der Waals surface area contributed by atoms with Crippen molar-refractivity contribution < 1.29 is 14.3 Å². The summed E-state index contributed by atoms with van der Waals surface area (Å²) in [6.07, 6.45) is 6.06. The molecule has 0 aromatic heterocycles. The van der Waals surface area contributed by atoms with Crippen LogP contribution in [-0.2, 0) is 17.9 Å². The van der Waals surface area contributed by atoms with Crippen molar-refractivity contribution in [3.63, 3.8) is 0 Å². The number of amidine groups is 1. The summed E-state index contributed by atoms with van der Waals surface area (Å²) in [5.41, 5.74) is 6.44. The third-order valence-corrected chi connectivity index (χ3v) is 5.99. The fourth-order valence-corrected chi connectivity index (χ4v) is 4.42. The van der Waals surface area contributed by atoms with E-state index in [1.54, 1.807) is 6.08 Å². The Morgan fingerprint density at radius 1 is 1.00 bits per heavy atom. The molecule has 0 saturated carbocycles. The zero-order valence-corrected chi connectivity index (χ0v) is 17.4. The maximum absolute atomic E-state index is 11.9. The van der Waals surface area contributed by atoms with Gasteiger partial charge in [0.1, 0.15) is 5.84 Å². The highest BCUT2D eigenvalue weighted by Crippen LogP contribution is 2.34. The lowest BCUT2D eigenvalue weighted by Crippen LogP contribution is -2.31. The molecule has 2 aromatic carbocycles. The highest BCUT2D eigenvalue weighted by molar-refractivity contribution is 6.02. The minimum atomic E-state index is -0.0798. The first-order valence-electron chi connectivity index (χ1n) is 10.7. The second-order valence-electron chi connectivity index (χ2n) is 8.08. The van der Waals surface area contributed by atoms with Gasteiger partial charge in [0.05, 0.1) is 5.70 Å². The number of carbonyl (C=O) groups excluding carboxylic acids is 1. The Morgan fingerprint density at radius 2 is 1.81 bits per heavy atom. The van der Waals surface area contributed by atoms with Crippen LogP contribution < -0.4 is 20.1 Å². The van der Waals surface area contributed by atoms with Crippen LogP contribution in [0.15, 0.2) is 82.8 Å². The zero-order chi connectivity index (χ0) is 21.5. The first kappa shape index (κ1) is 18.9. The van der Waals surface area contributed by atoms with Gasteiger partial charge in [-0.1, -0.05) is 30.3 Å². The van der Waals surface area contributed by atoms with Gasteiger partial charge in [-0.3, -0.25) is 4.79 Å². The summed E-state index contributed by atoms with van der Waals surface area (Å²) in [6, 6.07) is 14.5. The maximum atomic E-state index is 11.9. The molecule has 0 spiro atoms. The summed E-state index contributed by atoms with van der Waals surface area (Å²) in [5.74, 6) is 2.45. The zero-order valence-electron chi connectivity index (χ0n) is 17.4. The van der Waals surface area contributed by atoms with E-state index in [0.29, 0.717) is 6.79 Å². The lowest BCUT2D eigenvalue weighted by Gasteiger charge is -2.27. The summed E-state index contributed by atoms with van der Waals surface area (Å²) < 4.78 is 10.8. The number of aliphatic imine (C=N–C) groups is 1. The predicted octanol–water partition coefficient (Wildman–Crippen LogP) is 2.95. The van der Waals surface area contributed by atoms with Crippen molar-refractivity contribution in [2.75, 3.05) is 13.3 Å². The van der Waals surface area contributed by atoms with Crippen molar-refractivity contribution in [2.45, 2.75) is 19.5 Å². The number of ether oxygens (including phenoxy) is 2. The van der Waals surface area contributed by atoms with Gasteiger partial charge < -0.3 is 25.0 Å². The topological polar surface area (TPSA) is 75.2 Å². The smallest absolute Gasteiger partial charge is 0.248 e. The van der Waals surface area contributed by atoms with Crippen molar-refractivity contribution in [1.29, 1.82) is 0 Å². The molecule has 6 rings (SSSR count). The quantitative estimate of drug-likeness (QED) is 0.769. The second-order valence-corrected chi connectivity index (χ2v) is 8.08. The van der Waals surface area contributed by atoms with E-state index < -0.39 is 0 Å². The number of amides is 1. The lowest BCUT2D eigenvalue weighted by molar-refractivity contribution is -0.115. The molecule has 2 N–H and O–H groups in total. The standard InChI is InChI=1S/C25H22N4O3/c30-23-8-6-19-14-27-25(29-10-9-20(28-23)24(19)29)18-4-1-16(2-5-18)12-26-13-17-3-7-21-22(11-17)32-15-31-21/h1-8,11,14,26H,9-10,12-13,15H2,(H,28,30). The van der Waals surface area contributed by atoms with Crippen LogP contribution in [0, 0.1) is 0 Å². The molecule has 160 valence electrons. The first-order valence-corrected chi connectivity index (χ1v) is 10.7. The van der Waals surface area contributed by atoms with E-state index in [1.165, 1.54) is 5.56 Å². The molecule has 0 aliphatic carbocycles. The van der Waals surface area contributed by atoms with E-state index in [1.807, 2.05) is 24.4 Å². The number of hydrogen-bond acceptors (Lipinski definition) is 6. The first-order chi connectivity index (χ1) is 15.7. The average molecular weight is 426 g/mol. The van der Waals surface area contributed by atoms with Gasteiger partial charge in [0.15, 0.2) is 11.5 Å². The molecule has 0 unspecified atom stereocenters. The maximum Gasteiger partial charge on any atom is 0.248 e. The number of rotatable bonds is 5. The van der Waals surface area contributed by atoms with Crippen molar-refractivity contribution in [2.24, 2.45) is 4.99 Å². The van der Waals surface area contributed by atoms with Gasteiger partial charge in [0.2, 0.25) is 12.7 Å². The summed E-state index contributed by atoms with van der Waals surface area (Å²) in [6.45, 7) is 2.62. The van der Waals surface area contributed by atoms with Crippen LogP contribution in [0.1, 0.15) is 23.1 Å². The van der Waals surface area contributed by atoms with Gasteiger partial charge in [-0.15, -0.1) is 0 Å².